The Balaban J connectivity index is 1.71. The molecule has 0 fully saturated rings. The van der Waals surface area contributed by atoms with Gasteiger partial charge in [-0.05, 0) is 42.5 Å². The minimum atomic E-state index is -4.62. The second kappa shape index (κ2) is 9.41. The summed E-state index contributed by atoms with van der Waals surface area (Å²) in [5, 5.41) is 9.03. The Morgan fingerprint density at radius 3 is 2.53 bits per heavy atom. The van der Waals surface area contributed by atoms with E-state index in [4.69, 9.17) is 0 Å². The summed E-state index contributed by atoms with van der Waals surface area (Å²) in [6, 6.07) is 9.88. The number of halogens is 3. The molecular formula is C23H18F3N5O4S. The number of amides is 1. The molecule has 186 valence electrons. The zero-order valence-electron chi connectivity index (χ0n) is 18.6. The first kappa shape index (κ1) is 24.9. The number of hydrogen-bond acceptors (Lipinski definition) is 6. The molecule has 0 aliphatic rings. The smallest absolute Gasteiger partial charge is 0.346 e. The Hall–Kier alpha value is -4.26. The summed E-state index contributed by atoms with van der Waals surface area (Å²) in [4.78, 5) is 30.5. The number of aromatic amines is 1. The maximum Gasteiger partial charge on any atom is 0.416 e. The summed E-state index contributed by atoms with van der Waals surface area (Å²) in [5.74, 6) is -0.806. The molecule has 1 amide bonds. The SMILES string of the molecule is CS(=O)(=O)c1ccc(CNC(=O)c2c(-c3ccn[nH]3)ccn(-c3cccc(C(F)(F)F)c3)c2=O)nc1. The molecule has 2 N–H and O–H groups in total. The molecule has 4 aromatic rings. The van der Waals surface area contributed by atoms with E-state index < -0.39 is 33.0 Å². The molecule has 4 rings (SSSR count). The zero-order valence-corrected chi connectivity index (χ0v) is 19.4. The van der Waals surface area contributed by atoms with Crippen molar-refractivity contribution in [2.24, 2.45) is 0 Å². The van der Waals surface area contributed by atoms with Crippen molar-refractivity contribution in [2.45, 2.75) is 17.6 Å². The molecule has 0 saturated carbocycles. The van der Waals surface area contributed by atoms with Crippen molar-refractivity contribution in [1.82, 2.24) is 25.1 Å². The largest absolute Gasteiger partial charge is 0.416 e. The minimum absolute atomic E-state index is 0.00569. The Labute approximate surface area is 202 Å². The van der Waals surface area contributed by atoms with E-state index in [1.807, 2.05) is 0 Å². The second-order valence-corrected chi connectivity index (χ2v) is 9.75. The van der Waals surface area contributed by atoms with Crippen LogP contribution in [-0.2, 0) is 22.6 Å². The quantitative estimate of drug-likeness (QED) is 0.405. The fourth-order valence-corrected chi connectivity index (χ4v) is 3.97. The highest BCUT2D eigenvalue weighted by atomic mass is 32.2. The number of rotatable bonds is 6. The van der Waals surface area contributed by atoms with Crippen LogP contribution in [0.25, 0.3) is 16.9 Å². The van der Waals surface area contributed by atoms with E-state index in [0.29, 0.717) is 11.4 Å². The summed E-state index contributed by atoms with van der Waals surface area (Å²) >= 11 is 0. The number of carbonyl (C=O) groups excluding carboxylic acids is 1. The van der Waals surface area contributed by atoms with E-state index >= 15 is 0 Å². The first-order chi connectivity index (χ1) is 16.9. The van der Waals surface area contributed by atoms with Gasteiger partial charge in [-0.15, -0.1) is 0 Å². The number of nitrogens with one attached hydrogen (secondary N) is 2. The van der Waals surface area contributed by atoms with Crippen LogP contribution in [0, 0.1) is 0 Å². The molecule has 0 saturated heterocycles. The van der Waals surface area contributed by atoms with Gasteiger partial charge in [-0.1, -0.05) is 6.07 Å². The van der Waals surface area contributed by atoms with Crippen molar-refractivity contribution in [3.63, 3.8) is 0 Å². The van der Waals surface area contributed by atoms with E-state index in [1.165, 1.54) is 48.8 Å². The molecule has 3 heterocycles. The summed E-state index contributed by atoms with van der Waals surface area (Å²) in [6.07, 6.45) is 0.261. The lowest BCUT2D eigenvalue weighted by atomic mass is 10.1. The summed E-state index contributed by atoms with van der Waals surface area (Å²) in [7, 11) is -3.45. The molecule has 1 aromatic carbocycles. The predicted octanol–water partition coefficient (Wildman–Crippen LogP) is 2.97. The number of nitrogens with zero attached hydrogens (tertiary/aromatic N) is 3. The number of benzene rings is 1. The fourth-order valence-electron chi connectivity index (χ4n) is 3.41. The standard InChI is InChI=1S/C23H18F3N5O4S/c1-36(34,35)17-6-5-15(27-13-17)12-28-21(32)20-18(19-7-9-29-30-19)8-10-31(22(20)33)16-4-2-3-14(11-16)23(24,25)26/h2-11,13H,12H2,1H3,(H,28,32)(H,29,30). The lowest BCUT2D eigenvalue weighted by Crippen LogP contribution is -2.33. The molecule has 0 spiro atoms. The van der Waals surface area contributed by atoms with E-state index in [9.17, 15) is 31.2 Å². The van der Waals surface area contributed by atoms with Crippen LogP contribution in [0.1, 0.15) is 21.6 Å². The maximum absolute atomic E-state index is 13.4. The van der Waals surface area contributed by atoms with Crippen LogP contribution in [0.3, 0.4) is 0 Å². The number of H-pyrrole nitrogens is 1. The van der Waals surface area contributed by atoms with Gasteiger partial charge in [0.25, 0.3) is 11.5 Å². The Morgan fingerprint density at radius 1 is 1.14 bits per heavy atom. The van der Waals surface area contributed by atoms with Gasteiger partial charge in [-0.3, -0.25) is 24.2 Å². The number of aromatic nitrogens is 4. The lowest BCUT2D eigenvalue weighted by molar-refractivity contribution is -0.137. The van der Waals surface area contributed by atoms with Gasteiger partial charge in [0.1, 0.15) is 5.56 Å². The number of sulfone groups is 1. The first-order valence-corrected chi connectivity index (χ1v) is 12.2. The molecule has 13 heteroatoms. The van der Waals surface area contributed by atoms with Crippen LogP contribution in [-0.4, -0.2) is 40.3 Å². The topological polar surface area (TPSA) is 127 Å². The third kappa shape index (κ3) is 5.20. The summed E-state index contributed by atoms with van der Waals surface area (Å²) in [6.45, 7) is -0.136. The van der Waals surface area contributed by atoms with Gasteiger partial charge < -0.3 is 5.32 Å². The van der Waals surface area contributed by atoms with Gasteiger partial charge in [0.2, 0.25) is 0 Å². The van der Waals surface area contributed by atoms with Crippen LogP contribution in [0.4, 0.5) is 13.2 Å². The van der Waals surface area contributed by atoms with Crippen molar-refractivity contribution < 1.29 is 26.4 Å². The molecule has 3 aromatic heterocycles. The van der Waals surface area contributed by atoms with Gasteiger partial charge in [0.15, 0.2) is 9.84 Å². The molecule has 36 heavy (non-hydrogen) atoms. The average Bonchev–Trinajstić information content (AvgIpc) is 3.36. The number of alkyl halides is 3. The summed E-state index contributed by atoms with van der Waals surface area (Å²) < 4.78 is 63.7. The van der Waals surface area contributed by atoms with Gasteiger partial charge in [0, 0.05) is 36.1 Å². The third-order valence-electron chi connectivity index (χ3n) is 5.22. The molecule has 0 atom stereocenters. The Kier molecular flexibility index (Phi) is 6.50. The summed E-state index contributed by atoms with van der Waals surface area (Å²) in [5.41, 5.74) is -1.32. The van der Waals surface area contributed by atoms with E-state index in [2.05, 4.69) is 20.5 Å². The predicted molar refractivity (Wildman–Crippen MR) is 123 cm³/mol. The average molecular weight is 517 g/mol. The highest BCUT2D eigenvalue weighted by Crippen LogP contribution is 2.30. The normalized spacial score (nSPS) is 11.9. The highest BCUT2D eigenvalue weighted by Gasteiger charge is 2.31. The number of pyridine rings is 2. The molecule has 0 unspecified atom stereocenters. The first-order valence-electron chi connectivity index (χ1n) is 10.3. The van der Waals surface area contributed by atoms with Crippen molar-refractivity contribution >= 4 is 15.7 Å². The van der Waals surface area contributed by atoms with E-state index in [1.54, 1.807) is 0 Å². The van der Waals surface area contributed by atoms with Gasteiger partial charge >= 0.3 is 6.18 Å². The van der Waals surface area contributed by atoms with Gasteiger partial charge in [-0.2, -0.15) is 18.3 Å². The Morgan fingerprint density at radius 2 is 1.92 bits per heavy atom. The monoisotopic (exact) mass is 517 g/mol. The molecule has 0 bridgehead atoms. The maximum atomic E-state index is 13.4. The molecule has 9 nitrogen and oxygen atoms in total. The molecule has 0 aliphatic heterocycles. The van der Waals surface area contributed by atoms with Crippen molar-refractivity contribution in [3.8, 4) is 16.9 Å². The van der Waals surface area contributed by atoms with Crippen LogP contribution in [0.15, 0.2) is 76.8 Å². The number of hydrogen-bond donors (Lipinski definition) is 2. The molecule has 0 radical (unpaired) electrons. The van der Waals surface area contributed by atoms with E-state index in [0.717, 1.165) is 29.2 Å². The molecular weight excluding hydrogens is 499 g/mol. The van der Waals surface area contributed by atoms with Gasteiger partial charge in [-0.25, -0.2) is 8.42 Å². The zero-order chi connectivity index (χ0) is 26.1. The van der Waals surface area contributed by atoms with Gasteiger partial charge in [0.05, 0.1) is 28.4 Å². The fraction of sp³-hybridized carbons (Fsp3) is 0.130. The van der Waals surface area contributed by atoms with Crippen molar-refractivity contribution in [1.29, 1.82) is 0 Å². The third-order valence-corrected chi connectivity index (χ3v) is 6.32. The highest BCUT2D eigenvalue weighted by molar-refractivity contribution is 7.90. The van der Waals surface area contributed by atoms with Crippen LogP contribution >= 0.6 is 0 Å². The van der Waals surface area contributed by atoms with Crippen LogP contribution in [0.5, 0.6) is 0 Å². The Bertz CT molecular complexity index is 1580. The molecule has 0 aliphatic carbocycles. The van der Waals surface area contributed by atoms with Crippen molar-refractivity contribution in [3.05, 3.63) is 94.3 Å². The van der Waals surface area contributed by atoms with Crippen LogP contribution < -0.4 is 10.9 Å². The number of carbonyl (C=O) groups is 1. The van der Waals surface area contributed by atoms with Crippen molar-refractivity contribution in [2.75, 3.05) is 6.26 Å². The van der Waals surface area contributed by atoms with Crippen LogP contribution in [0.2, 0.25) is 0 Å². The lowest BCUT2D eigenvalue weighted by Gasteiger charge is -2.14. The second-order valence-electron chi connectivity index (χ2n) is 7.74. The minimum Gasteiger partial charge on any atom is -0.346 e. The van der Waals surface area contributed by atoms with E-state index in [-0.39, 0.29) is 28.3 Å².